The number of rotatable bonds is 4. The average molecular weight is 381 g/mol. The second-order valence-electron chi connectivity index (χ2n) is 8.13. The molecule has 1 aromatic carbocycles. The number of halogens is 2. The van der Waals surface area contributed by atoms with E-state index in [2.05, 4.69) is 5.32 Å². The molecule has 4 aliphatic carbocycles. The maximum Gasteiger partial charge on any atom is 0.253 e. The van der Waals surface area contributed by atoms with Gasteiger partial charge in [-0.3, -0.25) is 4.79 Å². The highest BCUT2D eigenvalue weighted by Gasteiger charge is 2.54. The van der Waals surface area contributed by atoms with E-state index in [4.69, 9.17) is 23.2 Å². The minimum atomic E-state index is -1.19. The van der Waals surface area contributed by atoms with Crippen LogP contribution in [0, 0.1) is 23.2 Å². The number of aliphatic carboxylic acids is 1. The van der Waals surface area contributed by atoms with Crippen molar-refractivity contribution in [1.29, 1.82) is 0 Å². The molecule has 1 atom stereocenters. The Morgan fingerprint density at radius 3 is 2.12 bits per heavy atom. The Labute approximate surface area is 156 Å². The van der Waals surface area contributed by atoms with Crippen molar-refractivity contribution in [3.05, 3.63) is 33.8 Å². The van der Waals surface area contributed by atoms with Crippen molar-refractivity contribution in [3.63, 3.8) is 0 Å². The molecule has 4 nitrogen and oxygen atoms in total. The summed E-state index contributed by atoms with van der Waals surface area (Å²) in [6.45, 7) is 0. The van der Waals surface area contributed by atoms with Gasteiger partial charge in [0, 0.05) is 5.02 Å². The Hall–Kier alpha value is -1.26. The molecule has 0 aliphatic heterocycles. The Balaban J connectivity index is 1.60. The van der Waals surface area contributed by atoms with Crippen molar-refractivity contribution in [1.82, 2.24) is 5.32 Å². The monoisotopic (exact) mass is 380 g/mol. The van der Waals surface area contributed by atoms with Crippen LogP contribution in [0.4, 0.5) is 0 Å². The molecule has 0 heterocycles. The van der Waals surface area contributed by atoms with Gasteiger partial charge in [-0.2, -0.15) is 0 Å². The first-order valence-electron chi connectivity index (χ1n) is 8.83. The highest BCUT2D eigenvalue weighted by atomic mass is 35.5. The number of hydrogen-bond acceptors (Lipinski definition) is 3. The highest BCUT2D eigenvalue weighted by Crippen LogP contribution is 2.61. The molecule has 1 aromatic rings. The van der Waals surface area contributed by atoms with Gasteiger partial charge in [-0.25, -0.2) is 0 Å². The number of nitrogens with one attached hydrogen (secondary N) is 1. The lowest BCUT2D eigenvalue weighted by Crippen LogP contribution is -2.62. The third kappa shape index (κ3) is 3.04. The van der Waals surface area contributed by atoms with Crippen molar-refractivity contribution in [2.75, 3.05) is 0 Å². The van der Waals surface area contributed by atoms with Gasteiger partial charge in [0.05, 0.1) is 22.6 Å². The van der Waals surface area contributed by atoms with Crippen molar-refractivity contribution in [2.24, 2.45) is 23.2 Å². The van der Waals surface area contributed by atoms with E-state index in [9.17, 15) is 14.7 Å². The summed E-state index contributed by atoms with van der Waals surface area (Å²) in [7, 11) is 0. The minimum absolute atomic E-state index is 0.215. The van der Waals surface area contributed by atoms with Crippen LogP contribution >= 0.6 is 23.2 Å². The van der Waals surface area contributed by atoms with E-state index in [1.165, 1.54) is 31.4 Å². The van der Waals surface area contributed by atoms with Gasteiger partial charge < -0.3 is 15.2 Å². The molecule has 0 spiro atoms. The van der Waals surface area contributed by atoms with E-state index in [-0.39, 0.29) is 16.0 Å². The molecule has 4 bridgehead atoms. The number of carbonyl (C=O) groups excluding carboxylic acids is 2. The summed E-state index contributed by atoms with van der Waals surface area (Å²) in [5, 5.41) is 15.3. The summed E-state index contributed by atoms with van der Waals surface area (Å²) in [5.74, 6) is 0.0874. The second-order valence-corrected chi connectivity index (χ2v) is 8.97. The zero-order valence-electron chi connectivity index (χ0n) is 13.8. The Morgan fingerprint density at radius 1 is 1.08 bits per heavy atom. The average Bonchev–Trinajstić information content (AvgIpc) is 2.50. The van der Waals surface area contributed by atoms with Gasteiger partial charge in [0.2, 0.25) is 0 Å². The van der Waals surface area contributed by atoms with Crippen LogP contribution in [0.25, 0.3) is 0 Å². The molecule has 0 unspecified atom stereocenters. The number of hydrogen-bond donors (Lipinski definition) is 1. The maximum atomic E-state index is 12.7. The number of carboxylic acids is 1. The van der Waals surface area contributed by atoms with Gasteiger partial charge in [0.1, 0.15) is 0 Å². The number of carbonyl (C=O) groups is 2. The lowest BCUT2D eigenvalue weighted by atomic mass is 9.47. The normalized spacial score (nSPS) is 33.9. The summed E-state index contributed by atoms with van der Waals surface area (Å²) in [5.41, 5.74) is -0.135. The standard InChI is InChI=1S/C19H21Cl2NO3/c20-13-1-2-14(15(21)6-13)17(23)22-16(18(24)25)19-7-10-3-11(8-19)5-12(4-10)9-19/h1-2,6,10-12,16H,3-5,7-9H2,(H,22,23)(H,24,25)/p-1/t10?,11?,12?,16-,19?/m1/s1. The van der Waals surface area contributed by atoms with Gasteiger partial charge >= 0.3 is 0 Å². The lowest BCUT2D eigenvalue weighted by Gasteiger charge is -2.59. The molecule has 6 heteroatoms. The molecule has 1 amide bonds. The fourth-order valence-corrected chi connectivity index (χ4v) is 6.37. The first-order chi connectivity index (χ1) is 11.9. The van der Waals surface area contributed by atoms with Crippen LogP contribution in [0.15, 0.2) is 18.2 Å². The van der Waals surface area contributed by atoms with Crippen LogP contribution in [-0.2, 0) is 4.79 Å². The predicted octanol–water partition coefficient (Wildman–Crippen LogP) is 3.06. The molecule has 4 fully saturated rings. The topological polar surface area (TPSA) is 69.2 Å². The molecular formula is C19H20Cl2NO3-. The largest absolute Gasteiger partial charge is 0.548 e. The summed E-state index contributed by atoms with van der Waals surface area (Å²) in [6.07, 6.45) is 6.22. The van der Waals surface area contributed by atoms with E-state index in [0.29, 0.717) is 22.8 Å². The Bertz CT molecular complexity index is 698. The van der Waals surface area contributed by atoms with Crippen molar-refractivity contribution in [3.8, 4) is 0 Å². The molecule has 4 saturated carbocycles. The van der Waals surface area contributed by atoms with E-state index in [1.807, 2.05) is 0 Å². The van der Waals surface area contributed by atoms with Crippen LogP contribution in [0.2, 0.25) is 10.0 Å². The first-order valence-corrected chi connectivity index (χ1v) is 9.59. The quantitative estimate of drug-likeness (QED) is 0.872. The third-order valence-electron chi connectivity index (χ3n) is 6.38. The van der Waals surface area contributed by atoms with Gasteiger partial charge in [0.25, 0.3) is 5.91 Å². The van der Waals surface area contributed by atoms with Crippen LogP contribution in [0.1, 0.15) is 48.9 Å². The second kappa shape index (κ2) is 6.17. The van der Waals surface area contributed by atoms with Crippen molar-refractivity contribution in [2.45, 2.75) is 44.6 Å². The molecule has 0 aromatic heterocycles. The molecule has 1 N–H and O–H groups in total. The van der Waals surface area contributed by atoms with Gasteiger partial charge in [-0.1, -0.05) is 23.2 Å². The first kappa shape index (κ1) is 17.2. The highest BCUT2D eigenvalue weighted by molar-refractivity contribution is 6.36. The Kier molecular flexibility index (Phi) is 4.24. The van der Waals surface area contributed by atoms with E-state index < -0.39 is 17.9 Å². The fraction of sp³-hybridized carbons (Fsp3) is 0.579. The van der Waals surface area contributed by atoms with Gasteiger partial charge in [-0.15, -0.1) is 0 Å². The smallest absolute Gasteiger partial charge is 0.253 e. The third-order valence-corrected chi connectivity index (χ3v) is 6.93. The number of carboxylic acid groups (broad SMARTS) is 1. The fourth-order valence-electron chi connectivity index (χ4n) is 5.88. The lowest BCUT2D eigenvalue weighted by molar-refractivity contribution is -0.313. The zero-order chi connectivity index (χ0) is 17.8. The SMILES string of the molecule is O=C(N[C@H](C(=O)[O-])C12CC3CC(CC(C3)C1)C2)c1ccc(Cl)cc1Cl. The van der Waals surface area contributed by atoms with E-state index in [0.717, 1.165) is 19.3 Å². The van der Waals surface area contributed by atoms with Crippen molar-refractivity contribution < 1.29 is 14.7 Å². The van der Waals surface area contributed by atoms with Crippen LogP contribution < -0.4 is 10.4 Å². The van der Waals surface area contributed by atoms with Crippen LogP contribution in [0.3, 0.4) is 0 Å². The summed E-state index contributed by atoms with van der Waals surface area (Å²) >= 11 is 12.0. The predicted molar refractivity (Wildman–Crippen MR) is 93.3 cm³/mol. The molecular weight excluding hydrogens is 361 g/mol. The van der Waals surface area contributed by atoms with Crippen LogP contribution in [-0.4, -0.2) is 17.9 Å². The Morgan fingerprint density at radius 2 is 1.64 bits per heavy atom. The van der Waals surface area contributed by atoms with Crippen LogP contribution in [0.5, 0.6) is 0 Å². The molecule has 0 radical (unpaired) electrons. The molecule has 0 saturated heterocycles. The number of benzene rings is 1. The van der Waals surface area contributed by atoms with E-state index in [1.54, 1.807) is 6.07 Å². The molecule has 134 valence electrons. The minimum Gasteiger partial charge on any atom is -0.548 e. The molecule has 5 rings (SSSR count). The summed E-state index contributed by atoms with van der Waals surface area (Å²) < 4.78 is 0. The maximum absolute atomic E-state index is 12.7. The molecule has 25 heavy (non-hydrogen) atoms. The summed E-state index contributed by atoms with van der Waals surface area (Å²) in [4.78, 5) is 24.6. The van der Waals surface area contributed by atoms with E-state index >= 15 is 0 Å². The van der Waals surface area contributed by atoms with Gasteiger partial charge in [0.15, 0.2) is 0 Å². The summed E-state index contributed by atoms with van der Waals surface area (Å²) in [6, 6.07) is 3.60. The van der Waals surface area contributed by atoms with Gasteiger partial charge in [-0.05, 0) is 79.9 Å². The molecule has 4 aliphatic rings. The van der Waals surface area contributed by atoms with Crippen molar-refractivity contribution >= 4 is 35.1 Å². The number of amides is 1. The zero-order valence-corrected chi connectivity index (χ0v) is 15.3.